The van der Waals surface area contributed by atoms with Gasteiger partial charge in [-0.2, -0.15) is 0 Å². The van der Waals surface area contributed by atoms with Gasteiger partial charge in [0.2, 0.25) is 5.91 Å². The molecule has 1 rings (SSSR count). The number of hydrogen-bond acceptors (Lipinski definition) is 5. The molecule has 8 heteroatoms. The number of rotatable bonds is 7. The molecule has 2 amide bonds. The lowest BCUT2D eigenvalue weighted by atomic mass is 10.2. The van der Waals surface area contributed by atoms with Crippen molar-refractivity contribution in [2.45, 2.75) is 26.2 Å². The summed E-state index contributed by atoms with van der Waals surface area (Å²) in [4.78, 5) is 36.7. The molecule has 1 aromatic rings. The summed E-state index contributed by atoms with van der Waals surface area (Å²) in [5, 5.41) is 15.5. The van der Waals surface area contributed by atoms with Crippen LogP contribution in [0.2, 0.25) is 0 Å². The van der Waals surface area contributed by atoms with Crippen LogP contribution in [0, 0.1) is 0 Å². The molecule has 0 atom stereocenters. The van der Waals surface area contributed by atoms with Crippen LogP contribution in [-0.2, 0) is 9.59 Å². The molecule has 104 valence electrons. The van der Waals surface area contributed by atoms with E-state index in [4.69, 9.17) is 5.11 Å². The number of aliphatic carboxylic acids is 1. The number of unbranched alkanes of at least 4 members (excludes halogenated alkanes) is 1. The first-order valence-corrected chi connectivity index (χ1v) is 6.60. The minimum absolute atomic E-state index is 0.0965. The van der Waals surface area contributed by atoms with Crippen LogP contribution < -0.4 is 10.6 Å². The maximum atomic E-state index is 11.6. The van der Waals surface area contributed by atoms with Crippen molar-refractivity contribution in [1.82, 2.24) is 10.3 Å². The first-order chi connectivity index (χ1) is 8.99. The number of nitrogens with zero attached hydrogens (tertiary/aromatic N) is 1. The summed E-state index contributed by atoms with van der Waals surface area (Å²) in [5.74, 6) is -1.41. The molecular formula is C11H15N3O4S. The van der Waals surface area contributed by atoms with Crippen LogP contribution in [0.3, 0.4) is 0 Å². The van der Waals surface area contributed by atoms with E-state index >= 15 is 0 Å². The number of carboxylic acid groups (broad SMARTS) is 1. The number of nitrogens with one attached hydrogen (secondary N) is 2. The summed E-state index contributed by atoms with van der Waals surface area (Å²) in [6, 6.07) is 0. The molecule has 0 saturated carbocycles. The monoisotopic (exact) mass is 285 g/mol. The average molecular weight is 285 g/mol. The molecular weight excluding hydrogens is 270 g/mol. The van der Waals surface area contributed by atoms with E-state index in [1.54, 1.807) is 5.38 Å². The Hall–Kier alpha value is -1.96. The molecule has 0 aromatic carbocycles. The van der Waals surface area contributed by atoms with Gasteiger partial charge in [0.15, 0.2) is 5.13 Å². The highest BCUT2D eigenvalue weighted by Crippen LogP contribution is 2.14. The minimum atomic E-state index is -0.842. The molecule has 0 aliphatic rings. The topological polar surface area (TPSA) is 108 Å². The molecule has 1 heterocycles. The van der Waals surface area contributed by atoms with Gasteiger partial charge >= 0.3 is 5.97 Å². The molecule has 3 N–H and O–H groups in total. The van der Waals surface area contributed by atoms with Gasteiger partial charge < -0.3 is 15.7 Å². The largest absolute Gasteiger partial charge is 0.481 e. The van der Waals surface area contributed by atoms with Crippen molar-refractivity contribution in [2.75, 3.05) is 11.9 Å². The number of thiazole rings is 1. The summed E-state index contributed by atoms with van der Waals surface area (Å²) in [5.41, 5.74) is 0.243. The summed E-state index contributed by atoms with van der Waals surface area (Å²) >= 11 is 1.17. The van der Waals surface area contributed by atoms with Crippen molar-refractivity contribution in [2.24, 2.45) is 0 Å². The second-order valence-electron chi connectivity index (χ2n) is 3.83. The standard InChI is InChI=1S/C11H15N3O4S/c1-7(15)13-11-14-8(6-19-11)10(18)12-5-3-2-4-9(16)17/h6H,2-5H2,1H3,(H,12,18)(H,16,17)(H,13,14,15). The van der Waals surface area contributed by atoms with E-state index in [0.717, 1.165) is 0 Å². The molecule has 0 saturated heterocycles. The molecule has 0 radical (unpaired) electrons. The Morgan fingerprint density at radius 3 is 2.74 bits per heavy atom. The molecule has 0 aliphatic heterocycles. The van der Waals surface area contributed by atoms with Gasteiger partial charge in [0.05, 0.1) is 0 Å². The van der Waals surface area contributed by atoms with Crippen LogP contribution in [0.5, 0.6) is 0 Å². The number of aromatic nitrogens is 1. The maximum absolute atomic E-state index is 11.6. The van der Waals surface area contributed by atoms with Gasteiger partial charge in [0.1, 0.15) is 5.69 Å². The molecule has 19 heavy (non-hydrogen) atoms. The number of carbonyl (C=O) groups excluding carboxylic acids is 2. The van der Waals surface area contributed by atoms with Crippen LogP contribution in [-0.4, -0.2) is 34.4 Å². The third kappa shape index (κ3) is 5.96. The SMILES string of the molecule is CC(=O)Nc1nc(C(=O)NCCCCC(=O)O)cs1. The third-order valence-electron chi connectivity index (χ3n) is 2.12. The third-order valence-corrected chi connectivity index (χ3v) is 2.88. The highest BCUT2D eigenvalue weighted by atomic mass is 32.1. The van der Waals surface area contributed by atoms with Crippen molar-refractivity contribution in [1.29, 1.82) is 0 Å². The second kappa shape index (κ2) is 7.47. The Kier molecular flexibility index (Phi) is 5.94. The normalized spacial score (nSPS) is 9.95. The predicted octanol–water partition coefficient (Wildman–Crippen LogP) is 1.09. The Morgan fingerprint density at radius 2 is 2.11 bits per heavy atom. The van der Waals surface area contributed by atoms with Gasteiger partial charge in [-0.05, 0) is 12.8 Å². The Morgan fingerprint density at radius 1 is 1.37 bits per heavy atom. The summed E-state index contributed by atoms with van der Waals surface area (Å²) in [6.45, 7) is 1.77. The van der Waals surface area contributed by atoms with E-state index in [-0.39, 0.29) is 23.9 Å². The number of anilines is 1. The van der Waals surface area contributed by atoms with Crippen LogP contribution in [0.1, 0.15) is 36.7 Å². The van der Waals surface area contributed by atoms with E-state index in [2.05, 4.69) is 15.6 Å². The first-order valence-electron chi connectivity index (χ1n) is 5.72. The van der Waals surface area contributed by atoms with Crippen molar-refractivity contribution in [3.8, 4) is 0 Å². The summed E-state index contributed by atoms with van der Waals surface area (Å²) < 4.78 is 0. The summed E-state index contributed by atoms with van der Waals surface area (Å²) in [7, 11) is 0. The van der Waals surface area contributed by atoms with Crippen molar-refractivity contribution in [3.63, 3.8) is 0 Å². The highest BCUT2D eigenvalue weighted by molar-refractivity contribution is 7.14. The molecule has 0 spiro atoms. The number of carbonyl (C=O) groups is 3. The quantitative estimate of drug-likeness (QED) is 0.650. The van der Waals surface area contributed by atoms with Gasteiger partial charge in [-0.25, -0.2) is 4.98 Å². The zero-order valence-electron chi connectivity index (χ0n) is 10.4. The van der Waals surface area contributed by atoms with E-state index in [1.165, 1.54) is 18.3 Å². The fraction of sp³-hybridized carbons (Fsp3) is 0.455. The zero-order valence-corrected chi connectivity index (χ0v) is 11.2. The second-order valence-corrected chi connectivity index (χ2v) is 4.68. The Balaban J connectivity index is 2.31. The van der Waals surface area contributed by atoms with Crippen LogP contribution in [0.4, 0.5) is 5.13 Å². The Bertz CT molecular complexity index is 472. The lowest BCUT2D eigenvalue weighted by Crippen LogP contribution is -2.24. The molecule has 1 aromatic heterocycles. The van der Waals surface area contributed by atoms with Crippen LogP contribution in [0.25, 0.3) is 0 Å². The lowest BCUT2D eigenvalue weighted by Gasteiger charge is -2.01. The van der Waals surface area contributed by atoms with Crippen LogP contribution in [0.15, 0.2) is 5.38 Å². The van der Waals surface area contributed by atoms with Gasteiger partial charge in [-0.3, -0.25) is 14.4 Å². The molecule has 7 nitrogen and oxygen atoms in total. The number of carboxylic acids is 1. The molecule has 0 fully saturated rings. The van der Waals surface area contributed by atoms with Crippen LogP contribution >= 0.6 is 11.3 Å². The van der Waals surface area contributed by atoms with E-state index < -0.39 is 5.97 Å². The van der Waals surface area contributed by atoms with Gasteiger partial charge in [0.25, 0.3) is 5.91 Å². The molecule has 0 aliphatic carbocycles. The predicted molar refractivity (Wildman–Crippen MR) is 70.2 cm³/mol. The number of amides is 2. The smallest absolute Gasteiger partial charge is 0.303 e. The highest BCUT2D eigenvalue weighted by Gasteiger charge is 2.10. The van der Waals surface area contributed by atoms with Gasteiger partial charge in [-0.15, -0.1) is 11.3 Å². The fourth-order valence-electron chi connectivity index (χ4n) is 1.28. The van der Waals surface area contributed by atoms with Crippen molar-refractivity contribution in [3.05, 3.63) is 11.1 Å². The van der Waals surface area contributed by atoms with E-state index in [0.29, 0.717) is 24.5 Å². The van der Waals surface area contributed by atoms with Crippen molar-refractivity contribution < 1.29 is 19.5 Å². The number of hydrogen-bond donors (Lipinski definition) is 3. The lowest BCUT2D eigenvalue weighted by molar-refractivity contribution is -0.137. The van der Waals surface area contributed by atoms with Crippen molar-refractivity contribution >= 4 is 34.3 Å². The van der Waals surface area contributed by atoms with Gasteiger partial charge in [-0.1, -0.05) is 0 Å². The maximum Gasteiger partial charge on any atom is 0.303 e. The Labute approximate surface area is 114 Å². The first kappa shape index (κ1) is 15.1. The fourth-order valence-corrected chi connectivity index (χ4v) is 2.02. The summed E-state index contributed by atoms with van der Waals surface area (Å²) in [6.07, 6.45) is 1.21. The minimum Gasteiger partial charge on any atom is -0.481 e. The zero-order chi connectivity index (χ0) is 14.3. The van der Waals surface area contributed by atoms with Gasteiger partial charge in [0, 0.05) is 25.3 Å². The molecule has 0 unspecified atom stereocenters. The average Bonchev–Trinajstić information content (AvgIpc) is 2.75. The van der Waals surface area contributed by atoms with E-state index in [1.807, 2.05) is 0 Å². The van der Waals surface area contributed by atoms with E-state index in [9.17, 15) is 14.4 Å². The molecule has 0 bridgehead atoms.